The molecule has 0 fully saturated rings. The zero-order valence-electron chi connectivity index (χ0n) is 11.6. The highest BCUT2D eigenvalue weighted by atomic mass is 79.9. The number of rotatable bonds is 4. The van der Waals surface area contributed by atoms with E-state index in [2.05, 4.69) is 26.1 Å². The molecule has 102 valence electrons. The van der Waals surface area contributed by atoms with Gasteiger partial charge in [0.25, 0.3) is 0 Å². The maximum absolute atomic E-state index is 12.5. The molecule has 5 nitrogen and oxygen atoms in total. The topological polar surface area (TPSA) is 52.7 Å². The molecule has 2 aromatic rings. The Balaban J connectivity index is 2.33. The van der Waals surface area contributed by atoms with Gasteiger partial charge in [-0.3, -0.25) is 14.2 Å². The molecule has 0 aliphatic rings. The van der Waals surface area contributed by atoms with Crippen LogP contribution in [0.5, 0.6) is 0 Å². The SMILES string of the molecule is CCn1ncc(Br)c1C(=O)Cc1c(C)nn(C)c1C. The van der Waals surface area contributed by atoms with Crippen LogP contribution in [0.1, 0.15) is 34.4 Å². The van der Waals surface area contributed by atoms with Crippen LogP contribution in [0, 0.1) is 13.8 Å². The van der Waals surface area contributed by atoms with Gasteiger partial charge in [0.05, 0.1) is 16.4 Å². The third-order valence-corrected chi connectivity index (χ3v) is 3.93. The molecule has 0 bridgehead atoms. The van der Waals surface area contributed by atoms with Crippen molar-refractivity contribution in [3.8, 4) is 0 Å². The van der Waals surface area contributed by atoms with E-state index in [1.165, 1.54) is 0 Å². The number of ketones is 1. The Kier molecular flexibility index (Phi) is 3.89. The Hall–Kier alpha value is -1.43. The van der Waals surface area contributed by atoms with Gasteiger partial charge in [-0.1, -0.05) is 0 Å². The summed E-state index contributed by atoms with van der Waals surface area (Å²) in [5, 5.41) is 8.52. The summed E-state index contributed by atoms with van der Waals surface area (Å²) in [6.45, 7) is 6.56. The third-order valence-electron chi connectivity index (χ3n) is 3.35. The minimum absolute atomic E-state index is 0.0606. The fourth-order valence-corrected chi connectivity index (χ4v) is 2.71. The van der Waals surface area contributed by atoms with Gasteiger partial charge in [0.1, 0.15) is 5.69 Å². The monoisotopic (exact) mass is 324 g/mol. The predicted octanol–water partition coefficient (Wildman–Crippen LogP) is 2.44. The summed E-state index contributed by atoms with van der Waals surface area (Å²) in [5.74, 6) is 0.0606. The molecule has 0 aromatic carbocycles. The van der Waals surface area contributed by atoms with Crippen molar-refractivity contribution < 1.29 is 4.79 Å². The standard InChI is InChI=1S/C13H17BrN4O/c1-5-18-13(11(14)7-15-18)12(19)6-10-8(2)16-17(4)9(10)3/h7H,5-6H2,1-4H3. The van der Waals surface area contributed by atoms with E-state index in [0.29, 0.717) is 18.7 Å². The molecular formula is C13H17BrN4O. The summed E-state index contributed by atoms with van der Waals surface area (Å²) >= 11 is 3.39. The Labute approximate surface area is 120 Å². The van der Waals surface area contributed by atoms with Crippen LogP contribution in [0.4, 0.5) is 0 Å². The second kappa shape index (κ2) is 5.28. The summed E-state index contributed by atoms with van der Waals surface area (Å²) in [5.41, 5.74) is 3.57. The normalized spacial score (nSPS) is 11.0. The number of halogens is 1. The average Bonchev–Trinajstić information content (AvgIpc) is 2.85. The van der Waals surface area contributed by atoms with Crippen LogP contribution in [0.25, 0.3) is 0 Å². The molecule has 6 heteroatoms. The van der Waals surface area contributed by atoms with Crippen LogP contribution in [0.15, 0.2) is 10.7 Å². The van der Waals surface area contributed by atoms with Crippen molar-refractivity contribution in [1.29, 1.82) is 0 Å². The first-order valence-corrected chi connectivity index (χ1v) is 6.98. The molecule has 0 unspecified atom stereocenters. The van der Waals surface area contributed by atoms with Crippen LogP contribution in [-0.2, 0) is 20.0 Å². The van der Waals surface area contributed by atoms with Gasteiger partial charge in [-0.25, -0.2) is 0 Å². The molecule has 0 saturated carbocycles. The van der Waals surface area contributed by atoms with E-state index in [1.54, 1.807) is 10.9 Å². The summed E-state index contributed by atoms with van der Waals surface area (Å²) < 4.78 is 4.27. The first-order chi connectivity index (χ1) is 8.95. The van der Waals surface area contributed by atoms with E-state index < -0.39 is 0 Å². The lowest BCUT2D eigenvalue weighted by Gasteiger charge is -2.05. The zero-order valence-corrected chi connectivity index (χ0v) is 13.2. The number of carbonyl (C=O) groups excluding carboxylic acids is 1. The molecule has 0 radical (unpaired) electrons. The summed E-state index contributed by atoms with van der Waals surface area (Å²) in [7, 11) is 1.89. The lowest BCUT2D eigenvalue weighted by Crippen LogP contribution is -2.13. The van der Waals surface area contributed by atoms with Crippen molar-refractivity contribution in [2.45, 2.75) is 33.7 Å². The lowest BCUT2D eigenvalue weighted by atomic mass is 10.1. The highest BCUT2D eigenvalue weighted by molar-refractivity contribution is 9.10. The second-order valence-corrected chi connectivity index (χ2v) is 5.38. The first-order valence-electron chi connectivity index (χ1n) is 6.19. The van der Waals surface area contributed by atoms with Gasteiger partial charge in [0, 0.05) is 31.3 Å². The van der Waals surface area contributed by atoms with Gasteiger partial charge in [0.2, 0.25) is 0 Å². The van der Waals surface area contributed by atoms with Crippen LogP contribution in [0.2, 0.25) is 0 Å². The summed E-state index contributed by atoms with van der Waals surface area (Å²) in [6.07, 6.45) is 2.02. The molecule has 2 aromatic heterocycles. The molecule has 0 saturated heterocycles. The van der Waals surface area contributed by atoms with Crippen molar-refractivity contribution in [2.75, 3.05) is 0 Å². The third kappa shape index (κ3) is 2.49. The van der Waals surface area contributed by atoms with Crippen molar-refractivity contribution in [2.24, 2.45) is 7.05 Å². The van der Waals surface area contributed by atoms with E-state index in [1.807, 2.05) is 32.5 Å². The van der Waals surface area contributed by atoms with E-state index in [9.17, 15) is 4.79 Å². The molecule has 0 N–H and O–H groups in total. The van der Waals surface area contributed by atoms with E-state index in [-0.39, 0.29) is 5.78 Å². The molecule has 2 rings (SSSR count). The highest BCUT2D eigenvalue weighted by Gasteiger charge is 2.20. The van der Waals surface area contributed by atoms with Gasteiger partial charge in [-0.2, -0.15) is 10.2 Å². The second-order valence-electron chi connectivity index (χ2n) is 4.53. The van der Waals surface area contributed by atoms with Crippen molar-refractivity contribution in [3.05, 3.63) is 33.3 Å². The molecular weight excluding hydrogens is 308 g/mol. The highest BCUT2D eigenvalue weighted by Crippen LogP contribution is 2.20. The lowest BCUT2D eigenvalue weighted by molar-refractivity contribution is 0.0981. The molecule has 0 amide bonds. The molecule has 0 aliphatic heterocycles. The average molecular weight is 325 g/mol. The summed E-state index contributed by atoms with van der Waals surface area (Å²) in [4.78, 5) is 12.5. The smallest absolute Gasteiger partial charge is 0.186 e. The molecule has 2 heterocycles. The number of aromatic nitrogens is 4. The molecule has 0 spiro atoms. The maximum atomic E-state index is 12.5. The fourth-order valence-electron chi connectivity index (χ4n) is 2.20. The number of carbonyl (C=O) groups is 1. The Bertz CT molecular complexity index is 627. The molecule has 19 heavy (non-hydrogen) atoms. The van der Waals surface area contributed by atoms with Crippen LogP contribution in [-0.4, -0.2) is 25.3 Å². The number of aryl methyl sites for hydroxylation is 3. The van der Waals surface area contributed by atoms with E-state index in [4.69, 9.17) is 0 Å². The number of nitrogens with zero attached hydrogens (tertiary/aromatic N) is 4. The Morgan fingerprint density at radius 2 is 2.11 bits per heavy atom. The number of hydrogen-bond acceptors (Lipinski definition) is 3. The van der Waals surface area contributed by atoms with Crippen LogP contribution in [0.3, 0.4) is 0 Å². The first kappa shape index (κ1) is 14.0. The van der Waals surface area contributed by atoms with Gasteiger partial charge < -0.3 is 0 Å². The van der Waals surface area contributed by atoms with E-state index >= 15 is 0 Å². The number of Topliss-reactive ketones (excluding diaryl/α,β-unsaturated/α-hetero) is 1. The van der Waals surface area contributed by atoms with Crippen LogP contribution >= 0.6 is 15.9 Å². The van der Waals surface area contributed by atoms with Gasteiger partial charge in [-0.05, 0) is 36.7 Å². The van der Waals surface area contributed by atoms with Gasteiger partial charge >= 0.3 is 0 Å². The van der Waals surface area contributed by atoms with Crippen molar-refractivity contribution >= 4 is 21.7 Å². The van der Waals surface area contributed by atoms with Gasteiger partial charge in [-0.15, -0.1) is 0 Å². The largest absolute Gasteiger partial charge is 0.292 e. The summed E-state index contributed by atoms with van der Waals surface area (Å²) in [6, 6.07) is 0. The quantitative estimate of drug-likeness (QED) is 0.812. The van der Waals surface area contributed by atoms with Crippen molar-refractivity contribution in [3.63, 3.8) is 0 Å². The predicted molar refractivity (Wildman–Crippen MR) is 76.3 cm³/mol. The molecule has 0 aliphatic carbocycles. The minimum Gasteiger partial charge on any atom is -0.292 e. The van der Waals surface area contributed by atoms with Crippen molar-refractivity contribution in [1.82, 2.24) is 19.6 Å². The zero-order chi connectivity index (χ0) is 14.2. The molecule has 0 atom stereocenters. The van der Waals surface area contributed by atoms with Crippen LogP contribution < -0.4 is 0 Å². The van der Waals surface area contributed by atoms with E-state index in [0.717, 1.165) is 21.4 Å². The number of hydrogen-bond donors (Lipinski definition) is 0. The minimum atomic E-state index is 0.0606. The maximum Gasteiger partial charge on any atom is 0.186 e. The fraction of sp³-hybridized carbons (Fsp3) is 0.462. The Morgan fingerprint density at radius 3 is 2.63 bits per heavy atom. The van der Waals surface area contributed by atoms with Gasteiger partial charge in [0.15, 0.2) is 5.78 Å². The Morgan fingerprint density at radius 1 is 1.42 bits per heavy atom.